The van der Waals surface area contributed by atoms with Crippen LogP contribution in [0.15, 0.2) is 51.7 Å². The molecule has 1 aliphatic rings. The Morgan fingerprint density at radius 3 is 2.48 bits per heavy atom. The number of benzene rings is 1. The number of pyridine rings is 1. The van der Waals surface area contributed by atoms with Crippen molar-refractivity contribution in [2.24, 2.45) is 0 Å². The first kappa shape index (κ1) is 17.7. The number of amides is 1. The molecule has 1 saturated heterocycles. The van der Waals surface area contributed by atoms with Crippen LogP contribution in [0.3, 0.4) is 0 Å². The molecule has 3 aromatic rings. The molecule has 1 amide bonds. The van der Waals surface area contributed by atoms with Crippen LogP contribution in [0, 0.1) is 6.92 Å². The van der Waals surface area contributed by atoms with Crippen LogP contribution in [-0.4, -0.2) is 52.1 Å². The normalized spacial score (nSPS) is 14.4. The summed E-state index contributed by atoms with van der Waals surface area (Å²) in [6.07, 6.45) is 3.28. The minimum absolute atomic E-state index is 0.0197. The summed E-state index contributed by atoms with van der Waals surface area (Å²) in [5.41, 5.74) is 2.65. The van der Waals surface area contributed by atoms with Gasteiger partial charge in [-0.3, -0.25) is 9.78 Å². The lowest BCUT2D eigenvalue weighted by Gasteiger charge is -2.36. The molecule has 0 unspecified atom stereocenters. The minimum Gasteiger partial charge on any atom is -0.368 e. The number of anilines is 1. The van der Waals surface area contributed by atoms with Gasteiger partial charge in [-0.25, -0.2) is 0 Å². The van der Waals surface area contributed by atoms with Crippen molar-refractivity contribution in [2.75, 3.05) is 31.1 Å². The molecule has 1 fully saturated rings. The lowest BCUT2D eigenvalue weighted by molar-refractivity contribution is 0.0746. The lowest BCUT2D eigenvalue weighted by atomic mass is 10.1. The number of halogens is 1. The Hall–Kier alpha value is -2.74. The molecule has 0 aliphatic carbocycles. The van der Waals surface area contributed by atoms with Crippen LogP contribution < -0.4 is 4.90 Å². The molecular formula is C19H18BrN5O2. The number of nitrogens with zero attached hydrogens (tertiary/aromatic N) is 5. The van der Waals surface area contributed by atoms with Gasteiger partial charge in [0.2, 0.25) is 11.7 Å². The van der Waals surface area contributed by atoms with Gasteiger partial charge in [0.15, 0.2) is 0 Å². The first-order valence-corrected chi connectivity index (χ1v) is 9.45. The molecule has 0 atom stereocenters. The van der Waals surface area contributed by atoms with E-state index in [-0.39, 0.29) is 5.91 Å². The van der Waals surface area contributed by atoms with Crippen molar-refractivity contribution in [1.29, 1.82) is 0 Å². The number of hydrogen-bond acceptors (Lipinski definition) is 6. The Morgan fingerprint density at radius 2 is 1.85 bits per heavy atom. The van der Waals surface area contributed by atoms with E-state index in [1.54, 1.807) is 25.4 Å². The Balaban J connectivity index is 1.39. The summed E-state index contributed by atoms with van der Waals surface area (Å²) in [4.78, 5) is 25.1. The highest BCUT2D eigenvalue weighted by Crippen LogP contribution is 2.22. The number of carbonyl (C=O) groups excluding carboxylic acids is 1. The maximum Gasteiger partial charge on any atom is 0.255 e. The average molecular weight is 428 g/mol. The lowest BCUT2D eigenvalue weighted by Crippen LogP contribution is -2.48. The summed E-state index contributed by atoms with van der Waals surface area (Å²) in [5.74, 6) is 1.17. The third-order valence-electron chi connectivity index (χ3n) is 4.54. The zero-order valence-electron chi connectivity index (χ0n) is 14.8. The molecule has 1 aliphatic heterocycles. The minimum atomic E-state index is 0.0197. The maximum atomic E-state index is 12.6. The monoisotopic (exact) mass is 427 g/mol. The van der Waals surface area contributed by atoms with E-state index < -0.39 is 0 Å². The maximum absolute atomic E-state index is 12.6. The Kier molecular flexibility index (Phi) is 4.89. The molecule has 0 bridgehead atoms. The highest BCUT2D eigenvalue weighted by atomic mass is 79.9. The van der Waals surface area contributed by atoms with E-state index in [1.165, 1.54) is 0 Å². The number of hydrogen-bond donors (Lipinski definition) is 0. The molecule has 0 spiro atoms. The molecule has 0 N–H and O–H groups in total. The molecule has 138 valence electrons. The molecule has 27 heavy (non-hydrogen) atoms. The van der Waals surface area contributed by atoms with Crippen LogP contribution in [-0.2, 0) is 0 Å². The van der Waals surface area contributed by atoms with Crippen LogP contribution in [0.5, 0.6) is 0 Å². The fraction of sp³-hybridized carbons (Fsp3) is 0.263. The van der Waals surface area contributed by atoms with Gasteiger partial charge in [0.25, 0.3) is 5.91 Å². The number of aryl methyl sites for hydroxylation is 1. The molecule has 2 aromatic heterocycles. The van der Waals surface area contributed by atoms with Crippen LogP contribution in [0.2, 0.25) is 0 Å². The third kappa shape index (κ3) is 3.85. The van der Waals surface area contributed by atoms with E-state index in [4.69, 9.17) is 4.52 Å². The highest BCUT2D eigenvalue weighted by Gasteiger charge is 2.22. The Morgan fingerprint density at radius 1 is 1.11 bits per heavy atom. The number of piperazine rings is 1. The van der Waals surface area contributed by atoms with Gasteiger partial charge in [0.05, 0.1) is 5.56 Å². The van der Waals surface area contributed by atoms with Crippen molar-refractivity contribution >= 4 is 27.5 Å². The van der Waals surface area contributed by atoms with E-state index in [0.717, 1.165) is 28.8 Å². The van der Waals surface area contributed by atoms with Crippen molar-refractivity contribution < 1.29 is 9.32 Å². The van der Waals surface area contributed by atoms with Crippen LogP contribution in [0.1, 0.15) is 16.2 Å². The van der Waals surface area contributed by atoms with E-state index in [1.807, 2.05) is 17.0 Å². The van der Waals surface area contributed by atoms with Crippen molar-refractivity contribution in [3.8, 4) is 11.4 Å². The van der Waals surface area contributed by atoms with Crippen molar-refractivity contribution in [3.63, 3.8) is 0 Å². The number of rotatable bonds is 3. The van der Waals surface area contributed by atoms with Gasteiger partial charge < -0.3 is 14.3 Å². The van der Waals surface area contributed by atoms with Gasteiger partial charge in [-0.1, -0.05) is 5.16 Å². The van der Waals surface area contributed by atoms with Crippen LogP contribution >= 0.6 is 15.9 Å². The fourth-order valence-electron chi connectivity index (χ4n) is 3.12. The molecule has 4 rings (SSSR count). The Bertz CT molecular complexity index is 949. The van der Waals surface area contributed by atoms with Crippen molar-refractivity contribution in [2.45, 2.75) is 6.92 Å². The first-order valence-electron chi connectivity index (χ1n) is 8.66. The van der Waals surface area contributed by atoms with Gasteiger partial charge in [-0.2, -0.15) is 4.98 Å². The summed E-state index contributed by atoms with van der Waals surface area (Å²) in [6.45, 7) is 4.70. The molecular weight excluding hydrogens is 410 g/mol. The topological polar surface area (TPSA) is 75.4 Å². The van der Waals surface area contributed by atoms with Gasteiger partial charge in [-0.15, -0.1) is 0 Å². The van der Waals surface area contributed by atoms with Gasteiger partial charge in [0.1, 0.15) is 0 Å². The van der Waals surface area contributed by atoms with Gasteiger partial charge in [-0.05, 0) is 46.3 Å². The second-order valence-electron chi connectivity index (χ2n) is 6.35. The summed E-state index contributed by atoms with van der Waals surface area (Å²) >= 11 is 3.36. The molecule has 0 radical (unpaired) electrons. The highest BCUT2D eigenvalue weighted by molar-refractivity contribution is 9.10. The molecule has 7 nitrogen and oxygen atoms in total. The standard InChI is InChI=1S/C19H18BrN5O2/c1-13-22-18(23-27-13)14-2-4-17(5-3-14)24-6-8-25(9-7-24)19(26)15-10-16(20)12-21-11-15/h2-5,10-12H,6-9H2,1H3. The van der Waals surface area contributed by atoms with E-state index in [9.17, 15) is 4.79 Å². The summed E-state index contributed by atoms with van der Waals surface area (Å²) in [5, 5.41) is 3.94. The molecule has 0 saturated carbocycles. The van der Waals surface area contributed by atoms with E-state index >= 15 is 0 Å². The zero-order valence-corrected chi connectivity index (χ0v) is 16.4. The first-order chi connectivity index (χ1) is 13.1. The number of aromatic nitrogens is 3. The van der Waals surface area contributed by atoms with Gasteiger partial charge in [0, 0.05) is 61.2 Å². The largest absolute Gasteiger partial charge is 0.368 e. The van der Waals surface area contributed by atoms with E-state index in [0.29, 0.717) is 30.4 Å². The quantitative estimate of drug-likeness (QED) is 0.638. The van der Waals surface area contributed by atoms with Crippen molar-refractivity contribution in [3.05, 3.63) is 58.7 Å². The molecule has 3 heterocycles. The third-order valence-corrected chi connectivity index (χ3v) is 4.97. The van der Waals surface area contributed by atoms with Gasteiger partial charge >= 0.3 is 0 Å². The second-order valence-corrected chi connectivity index (χ2v) is 7.27. The SMILES string of the molecule is Cc1nc(-c2ccc(N3CCN(C(=O)c4cncc(Br)c4)CC3)cc2)no1. The Labute approximate surface area is 165 Å². The van der Waals surface area contributed by atoms with Crippen molar-refractivity contribution in [1.82, 2.24) is 20.0 Å². The second kappa shape index (κ2) is 7.48. The van der Waals surface area contributed by atoms with E-state index in [2.05, 4.69) is 48.1 Å². The predicted octanol–water partition coefficient (Wildman–Crippen LogP) is 3.16. The summed E-state index contributed by atoms with van der Waals surface area (Å²) in [6, 6.07) is 9.89. The molecule has 1 aromatic carbocycles. The average Bonchev–Trinajstić information content (AvgIpc) is 3.14. The summed E-state index contributed by atoms with van der Waals surface area (Å²) in [7, 11) is 0. The number of carbonyl (C=O) groups is 1. The van der Waals surface area contributed by atoms with Crippen LogP contribution in [0.4, 0.5) is 5.69 Å². The fourth-order valence-corrected chi connectivity index (χ4v) is 3.48. The predicted molar refractivity (Wildman–Crippen MR) is 105 cm³/mol. The smallest absolute Gasteiger partial charge is 0.255 e. The summed E-state index contributed by atoms with van der Waals surface area (Å²) < 4.78 is 5.84. The van der Waals surface area contributed by atoms with Crippen LogP contribution in [0.25, 0.3) is 11.4 Å². The zero-order chi connectivity index (χ0) is 18.8. The molecule has 8 heteroatoms.